The third-order valence-electron chi connectivity index (χ3n) is 2.46. The van der Waals surface area contributed by atoms with E-state index in [1.165, 1.54) is 0 Å². The molecule has 1 aromatic heterocycles. The van der Waals surface area contributed by atoms with Gasteiger partial charge in [-0.25, -0.2) is 4.98 Å². The standard InChI is InChI=1S/C9H12N4O/c10-8-6(9(11)13-14)4-5-2-1-3-7(5)12-8/h4,14H,1-3H2,(H2,10,12)(H2,11,13). The molecule has 0 saturated carbocycles. The zero-order chi connectivity index (χ0) is 10.1. The first-order chi connectivity index (χ1) is 6.72. The van der Waals surface area contributed by atoms with Crippen LogP contribution in [0.4, 0.5) is 5.82 Å². The summed E-state index contributed by atoms with van der Waals surface area (Å²) in [6.07, 6.45) is 3.06. The number of nitrogens with two attached hydrogens (primary N) is 2. The van der Waals surface area contributed by atoms with E-state index in [0.29, 0.717) is 11.4 Å². The van der Waals surface area contributed by atoms with E-state index in [2.05, 4.69) is 10.1 Å². The number of pyridine rings is 1. The smallest absolute Gasteiger partial charge is 0.173 e. The number of nitrogens with zero attached hydrogens (tertiary/aromatic N) is 2. The Morgan fingerprint density at radius 1 is 1.50 bits per heavy atom. The summed E-state index contributed by atoms with van der Waals surface area (Å²) in [5.74, 6) is 0.352. The van der Waals surface area contributed by atoms with Crippen molar-refractivity contribution in [3.05, 3.63) is 22.9 Å². The Morgan fingerprint density at radius 2 is 2.29 bits per heavy atom. The molecule has 0 amide bonds. The predicted octanol–water partition coefficient (Wildman–Crippen LogP) is 0.247. The molecule has 0 atom stereocenters. The van der Waals surface area contributed by atoms with E-state index >= 15 is 0 Å². The maximum atomic E-state index is 8.54. The van der Waals surface area contributed by atoms with Gasteiger partial charge in [0.05, 0.1) is 5.56 Å². The van der Waals surface area contributed by atoms with Crippen LogP contribution in [0.1, 0.15) is 23.2 Å². The molecule has 1 aliphatic rings. The molecule has 0 aliphatic heterocycles. The van der Waals surface area contributed by atoms with Crippen molar-refractivity contribution < 1.29 is 5.21 Å². The monoisotopic (exact) mass is 192 g/mol. The second kappa shape index (κ2) is 3.17. The molecule has 0 fully saturated rings. The average molecular weight is 192 g/mol. The maximum absolute atomic E-state index is 8.54. The molecular formula is C9H12N4O. The number of nitrogen functional groups attached to an aromatic ring is 1. The zero-order valence-electron chi connectivity index (χ0n) is 7.70. The van der Waals surface area contributed by atoms with Gasteiger partial charge in [-0.3, -0.25) is 0 Å². The SMILES string of the molecule is N/C(=N\O)c1cc2c(nc1N)CCC2. The molecule has 2 rings (SSSR count). The third kappa shape index (κ3) is 1.26. The number of aryl methyl sites for hydroxylation is 2. The van der Waals surface area contributed by atoms with E-state index in [1.807, 2.05) is 6.07 Å². The number of anilines is 1. The van der Waals surface area contributed by atoms with Crippen LogP contribution in [0.3, 0.4) is 0 Å². The summed E-state index contributed by atoms with van der Waals surface area (Å²) in [5.41, 5.74) is 13.9. The number of hydrogen-bond donors (Lipinski definition) is 3. The van der Waals surface area contributed by atoms with Gasteiger partial charge < -0.3 is 16.7 Å². The minimum absolute atomic E-state index is 0.0182. The van der Waals surface area contributed by atoms with E-state index < -0.39 is 0 Å². The fourth-order valence-corrected chi connectivity index (χ4v) is 1.75. The molecule has 74 valence electrons. The normalized spacial score (nSPS) is 15.6. The Balaban J connectivity index is 2.53. The van der Waals surface area contributed by atoms with Gasteiger partial charge in [0.2, 0.25) is 0 Å². The molecule has 0 spiro atoms. The quantitative estimate of drug-likeness (QED) is 0.257. The van der Waals surface area contributed by atoms with Crippen LogP contribution in [-0.4, -0.2) is 16.0 Å². The number of oxime groups is 1. The summed E-state index contributed by atoms with van der Waals surface area (Å²) >= 11 is 0. The van der Waals surface area contributed by atoms with Crippen molar-refractivity contribution in [3.8, 4) is 0 Å². The highest BCUT2D eigenvalue weighted by Gasteiger charge is 2.16. The maximum Gasteiger partial charge on any atom is 0.173 e. The highest BCUT2D eigenvalue weighted by atomic mass is 16.4. The fraction of sp³-hybridized carbons (Fsp3) is 0.333. The van der Waals surface area contributed by atoms with Crippen LogP contribution >= 0.6 is 0 Å². The van der Waals surface area contributed by atoms with E-state index in [0.717, 1.165) is 30.5 Å². The lowest BCUT2D eigenvalue weighted by Crippen LogP contribution is -2.17. The molecule has 5 heteroatoms. The topological polar surface area (TPSA) is 97.5 Å². The van der Waals surface area contributed by atoms with Crippen molar-refractivity contribution in [2.75, 3.05) is 5.73 Å². The van der Waals surface area contributed by atoms with Crippen LogP contribution in [0, 0.1) is 0 Å². The van der Waals surface area contributed by atoms with Gasteiger partial charge in [-0.15, -0.1) is 0 Å². The van der Waals surface area contributed by atoms with Crippen LogP contribution in [0.2, 0.25) is 0 Å². The predicted molar refractivity (Wildman–Crippen MR) is 53.2 cm³/mol. The van der Waals surface area contributed by atoms with Crippen LogP contribution in [0.5, 0.6) is 0 Å². The van der Waals surface area contributed by atoms with Gasteiger partial charge in [0.1, 0.15) is 5.82 Å². The Kier molecular flexibility index (Phi) is 1.99. The number of aromatic nitrogens is 1. The van der Waals surface area contributed by atoms with Gasteiger partial charge in [-0.1, -0.05) is 5.16 Å². The number of fused-ring (bicyclic) bond motifs is 1. The molecule has 0 aromatic carbocycles. The molecule has 0 radical (unpaired) electrons. The van der Waals surface area contributed by atoms with Crippen LogP contribution in [0.25, 0.3) is 0 Å². The van der Waals surface area contributed by atoms with Gasteiger partial charge >= 0.3 is 0 Å². The first kappa shape index (κ1) is 8.80. The minimum atomic E-state index is 0.0182. The zero-order valence-corrected chi connectivity index (χ0v) is 7.70. The minimum Gasteiger partial charge on any atom is -0.409 e. The Morgan fingerprint density at radius 3 is 3.00 bits per heavy atom. The molecule has 1 heterocycles. The van der Waals surface area contributed by atoms with Crippen LogP contribution in [0.15, 0.2) is 11.2 Å². The lowest BCUT2D eigenvalue weighted by Gasteiger charge is -2.06. The average Bonchev–Trinajstić information content (AvgIpc) is 2.62. The van der Waals surface area contributed by atoms with E-state index in [-0.39, 0.29) is 5.84 Å². The van der Waals surface area contributed by atoms with Crippen molar-refractivity contribution >= 4 is 11.7 Å². The van der Waals surface area contributed by atoms with Crippen LogP contribution in [-0.2, 0) is 12.8 Å². The van der Waals surface area contributed by atoms with Gasteiger partial charge in [0.25, 0.3) is 0 Å². The molecule has 1 aliphatic carbocycles. The second-order valence-corrected chi connectivity index (χ2v) is 3.37. The van der Waals surface area contributed by atoms with Crippen molar-refractivity contribution in [1.29, 1.82) is 0 Å². The van der Waals surface area contributed by atoms with Crippen LogP contribution < -0.4 is 11.5 Å². The Labute approximate surface area is 81.4 Å². The molecule has 0 bridgehead atoms. The summed E-state index contributed by atoms with van der Waals surface area (Å²) in [6, 6.07) is 1.86. The van der Waals surface area contributed by atoms with Gasteiger partial charge in [0.15, 0.2) is 5.84 Å². The molecular weight excluding hydrogens is 180 g/mol. The van der Waals surface area contributed by atoms with E-state index in [1.54, 1.807) is 0 Å². The van der Waals surface area contributed by atoms with Crippen molar-refractivity contribution in [2.45, 2.75) is 19.3 Å². The second-order valence-electron chi connectivity index (χ2n) is 3.37. The van der Waals surface area contributed by atoms with Crippen molar-refractivity contribution in [1.82, 2.24) is 4.98 Å². The first-order valence-corrected chi connectivity index (χ1v) is 4.48. The number of amidine groups is 1. The highest BCUT2D eigenvalue weighted by molar-refractivity contribution is 6.01. The molecule has 1 aromatic rings. The van der Waals surface area contributed by atoms with Gasteiger partial charge in [0, 0.05) is 5.69 Å². The molecule has 5 nitrogen and oxygen atoms in total. The first-order valence-electron chi connectivity index (χ1n) is 4.48. The molecule has 0 unspecified atom stereocenters. The largest absolute Gasteiger partial charge is 0.409 e. The van der Waals surface area contributed by atoms with E-state index in [9.17, 15) is 0 Å². The van der Waals surface area contributed by atoms with E-state index in [4.69, 9.17) is 16.7 Å². The highest BCUT2D eigenvalue weighted by Crippen LogP contribution is 2.23. The molecule has 0 saturated heterocycles. The number of hydrogen-bond acceptors (Lipinski definition) is 4. The third-order valence-corrected chi connectivity index (χ3v) is 2.46. The fourth-order valence-electron chi connectivity index (χ4n) is 1.75. The Hall–Kier alpha value is -1.78. The summed E-state index contributed by atoms with van der Waals surface area (Å²) in [4.78, 5) is 4.23. The van der Waals surface area contributed by atoms with Crippen molar-refractivity contribution in [2.24, 2.45) is 10.9 Å². The lowest BCUT2D eigenvalue weighted by molar-refractivity contribution is 0.318. The Bertz CT molecular complexity index is 400. The van der Waals surface area contributed by atoms with Gasteiger partial charge in [-0.05, 0) is 30.9 Å². The lowest BCUT2D eigenvalue weighted by atomic mass is 10.1. The molecule has 14 heavy (non-hydrogen) atoms. The van der Waals surface area contributed by atoms with Crippen molar-refractivity contribution in [3.63, 3.8) is 0 Å². The number of rotatable bonds is 1. The summed E-state index contributed by atoms with van der Waals surface area (Å²) in [5, 5.41) is 11.5. The summed E-state index contributed by atoms with van der Waals surface area (Å²) < 4.78 is 0. The van der Waals surface area contributed by atoms with Gasteiger partial charge in [-0.2, -0.15) is 0 Å². The summed E-state index contributed by atoms with van der Waals surface area (Å²) in [6.45, 7) is 0. The summed E-state index contributed by atoms with van der Waals surface area (Å²) in [7, 11) is 0. The molecule has 5 N–H and O–H groups in total.